The van der Waals surface area contributed by atoms with Crippen LogP contribution in [0.3, 0.4) is 0 Å². The summed E-state index contributed by atoms with van der Waals surface area (Å²) in [6, 6.07) is 10.5. The van der Waals surface area contributed by atoms with Crippen molar-refractivity contribution in [1.29, 1.82) is 0 Å². The Morgan fingerprint density at radius 2 is 1.72 bits per heavy atom. The van der Waals surface area contributed by atoms with Gasteiger partial charge in [-0.05, 0) is 30.7 Å². The Labute approximate surface area is 189 Å². The van der Waals surface area contributed by atoms with Gasteiger partial charge in [-0.15, -0.1) is 11.6 Å². The Bertz CT molecular complexity index is 743. The fraction of sp³-hybridized carbons (Fsp3) is 0.368. The highest BCUT2D eigenvalue weighted by Gasteiger charge is 2.12. The lowest BCUT2D eigenvalue weighted by Gasteiger charge is -2.18. The second-order valence-corrected chi connectivity index (χ2v) is 7.96. The molecule has 6 nitrogen and oxygen atoms in total. The molecule has 160 valence electrons. The summed E-state index contributed by atoms with van der Waals surface area (Å²) in [4.78, 5) is 0. The van der Waals surface area contributed by atoms with E-state index in [9.17, 15) is 5.11 Å². The number of rotatable bonds is 12. The summed E-state index contributed by atoms with van der Waals surface area (Å²) in [5.41, 5.74) is 0.864. The first-order valence-corrected chi connectivity index (χ1v) is 10.7. The van der Waals surface area contributed by atoms with Crippen LogP contribution in [0, 0.1) is 0 Å². The minimum Gasteiger partial charge on any atom is -0.491 e. The molecule has 0 aliphatic rings. The number of aliphatic hydroxyl groups is 2. The molecule has 2 rings (SSSR count). The van der Waals surface area contributed by atoms with Gasteiger partial charge in [-0.1, -0.05) is 23.2 Å². The first-order valence-electron chi connectivity index (χ1n) is 8.72. The summed E-state index contributed by atoms with van der Waals surface area (Å²) in [6.07, 6.45) is -0.212. The molecule has 0 radical (unpaired) electrons. The third-order valence-corrected chi connectivity index (χ3v) is 5.13. The van der Waals surface area contributed by atoms with E-state index in [0.717, 1.165) is 17.9 Å². The summed E-state index contributed by atoms with van der Waals surface area (Å²) < 4.78 is 18.4. The lowest BCUT2D eigenvalue weighted by molar-refractivity contribution is 0.0536. The van der Waals surface area contributed by atoms with E-state index in [4.69, 9.17) is 53.6 Å². The largest absolute Gasteiger partial charge is 0.491 e. The molecular formula is C19H22Cl3NO5S. The van der Waals surface area contributed by atoms with Crippen molar-refractivity contribution < 1.29 is 23.9 Å². The van der Waals surface area contributed by atoms with Crippen LogP contribution in [-0.2, 0) is 0 Å². The number of ether oxygens (including phenoxy) is 2. The van der Waals surface area contributed by atoms with Crippen molar-refractivity contribution in [2.24, 2.45) is 0 Å². The summed E-state index contributed by atoms with van der Waals surface area (Å²) >= 11 is 19.2. The molecule has 0 amide bonds. The van der Waals surface area contributed by atoms with E-state index in [-0.39, 0.29) is 13.2 Å². The van der Waals surface area contributed by atoms with E-state index < -0.39 is 6.10 Å². The van der Waals surface area contributed by atoms with Gasteiger partial charge < -0.3 is 23.9 Å². The van der Waals surface area contributed by atoms with Gasteiger partial charge in [-0.25, -0.2) is 0 Å². The average molecular weight is 483 g/mol. The van der Waals surface area contributed by atoms with Crippen LogP contribution in [0.5, 0.6) is 17.2 Å². The predicted octanol–water partition coefficient (Wildman–Crippen LogP) is 4.81. The van der Waals surface area contributed by atoms with Gasteiger partial charge in [0.1, 0.15) is 24.2 Å². The molecule has 10 heteroatoms. The highest BCUT2D eigenvalue weighted by Crippen LogP contribution is 2.38. The number of anilines is 1. The highest BCUT2D eigenvalue weighted by atomic mass is 35.5. The summed E-state index contributed by atoms with van der Waals surface area (Å²) in [5.74, 6) is 1.98. The van der Waals surface area contributed by atoms with Crippen molar-refractivity contribution in [3.05, 3.63) is 46.4 Å². The molecule has 0 saturated carbocycles. The molecule has 0 aliphatic heterocycles. The Morgan fingerprint density at radius 3 is 2.31 bits per heavy atom. The Hall–Kier alpha value is -1.22. The van der Waals surface area contributed by atoms with Crippen molar-refractivity contribution in [2.45, 2.75) is 12.5 Å². The predicted molar refractivity (Wildman–Crippen MR) is 119 cm³/mol. The molecule has 1 atom stereocenters. The van der Waals surface area contributed by atoms with E-state index in [1.165, 1.54) is 0 Å². The van der Waals surface area contributed by atoms with Gasteiger partial charge in [-0.3, -0.25) is 4.31 Å². The minimum atomic E-state index is -0.905. The lowest BCUT2D eigenvalue weighted by Crippen LogP contribution is -2.21. The number of hydrogen-bond donors (Lipinski definition) is 2. The number of nitrogens with zero attached hydrogens (tertiary/aromatic N) is 1. The Morgan fingerprint density at radius 1 is 1.07 bits per heavy atom. The smallest absolute Gasteiger partial charge is 0.179 e. The second kappa shape index (κ2) is 12.5. The van der Waals surface area contributed by atoms with E-state index >= 15 is 0 Å². The molecule has 2 aromatic carbocycles. The van der Waals surface area contributed by atoms with E-state index in [2.05, 4.69) is 0 Å². The van der Waals surface area contributed by atoms with Crippen LogP contribution in [0.4, 0.5) is 5.69 Å². The fourth-order valence-corrected chi connectivity index (χ4v) is 3.28. The van der Waals surface area contributed by atoms with Gasteiger partial charge in [0.2, 0.25) is 0 Å². The van der Waals surface area contributed by atoms with Gasteiger partial charge in [0.05, 0.1) is 23.3 Å². The van der Waals surface area contributed by atoms with Crippen LogP contribution in [0.15, 0.2) is 36.4 Å². The van der Waals surface area contributed by atoms with Crippen LogP contribution >= 0.6 is 47.0 Å². The second-order valence-electron chi connectivity index (χ2n) is 5.90. The van der Waals surface area contributed by atoms with E-state index in [1.807, 2.05) is 19.2 Å². The zero-order valence-electron chi connectivity index (χ0n) is 15.7. The molecule has 2 N–H and O–H groups in total. The first-order chi connectivity index (χ1) is 13.9. The number of halogens is 3. The van der Waals surface area contributed by atoms with Gasteiger partial charge in [0.15, 0.2) is 18.0 Å². The van der Waals surface area contributed by atoms with Gasteiger partial charge in [0, 0.05) is 30.7 Å². The van der Waals surface area contributed by atoms with E-state index in [1.54, 1.807) is 28.6 Å². The SMILES string of the molecule is CN(SOc1cc(Cl)c(OCCCCl)c(Cl)c1)c1ccc(OCC(O)CO)cc1. The van der Waals surface area contributed by atoms with Gasteiger partial charge in [0.25, 0.3) is 0 Å². The minimum absolute atomic E-state index is 0.0245. The van der Waals surface area contributed by atoms with Crippen LogP contribution in [-0.4, -0.2) is 49.1 Å². The number of hydrogen-bond acceptors (Lipinski definition) is 7. The number of aliphatic hydroxyl groups excluding tert-OH is 2. The maximum Gasteiger partial charge on any atom is 0.179 e. The molecule has 0 aliphatic carbocycles. The zero-order chi connectivity index (χ0) is 21.2. The Balaban J connectivity index is 1.90. The monoisotopic (exact) mass is 481 g/mol. The fourth-order valence-electron chi connectivity index (χ4n) is 2.09. The maximum atomic E-state index is 9.32. The normalized spacial score (nSPS) is 11.8. The lowest BCUT2D eigenvalue weighted by atomic mass is 10.3. The van der Waals surface area contributed by atoms with Crippen molar-refractivity contribution in [3.63, 3.8) is 0 Å². The van der Waals surface area contributed by atoms with Crippen LogP contribution in [0.25, 0.3) is 0 Å². The molecule has 0 spiro atoms. The maximum absolute atomic E-state index is 9.32. The quantitative estimate of drug-likeness (QED) is 0.195. The molecule has 0 fully saturated rings. The van der Waals surface area contributed by atoms with Crippen LogP contribution in [0.1, 0.15) is 6.42 Å². The molecule has 0 bridgehead atoms. The third-order valence-electron chi connectivity index (χ3n) is 3.59. The van der Waals surface area contributed by atoms with Gasteiger partial charge >= 0.3 is 0 Å². The first kappa shape index (κ1) is 24.1. The Kier molecular flexibility index (Phi) is 10.3. The standard InChI is InChI=1S/C19H22Cl3NO5S/c1-23(13-3-5-15(6-4-13)27-12-14(25)11-24)29-28-16-9-17(21)19(18(22)10-16)26-8-2-7-20/h3-6,9-10,14,24-25H,2,7-8,11-12H2,1H3. The van der Waals surface area contributed by atoms with Gasteiger partial charge in [-0.2, -0.15) is 0 Å². The summed E-state index contributed by atoms with van der Waals surface area (Å²) in [6.45, 7) is 0.110. The molecule has 1 unspecified atom stereocenters. The van der Waals surface area contributed by atoms with Crippen molar-refractivity contribution in [1.82, 2.24) is 0 Å². The van der Waals surface area contributed by atoms with Crippen LogP contribution in [0.2, 0.25) is 10.0 Å². The molecule has 2 aromatic rings. The molecule has 0 saturated heterocycles. The molecule has 0 aromatic heterocycles. The summed E-state index contributed by atoms with van der Waals surface area (Å²) in [7, 11) is 1.84. The van der Waals surface area contributed by atoms with Crippen molar-refractivity contribution >= 4 is 52.7 Å². The number of benzene rings is 2. The topological polar surface area (TPSA) is 71.4 Å². The van der Waals surface area contributed by atoms with Crippen molar-refractivity contribution in [2.75, 3.05) is 37.1 Å². The zero-order valence-corrected chi connectivity index (χ0v) is 18.8. The van der Waals surface area contributed by atoms with Crippen LogP contribution < -0.4 is 18.0 Å². The summed E-state index contributed by atoms with van der Waals surface area (Å²) in [5, 5.41) is 18.8. The number of alkyl halides is 1. The third kappa shape index (κ3) is 7.85. The molecule has 29 heavy (non-hydrogen) atoms. The highest BCUT2D eigenvalue weighted by molar-refractivity contribution is 7.96. The van der Waals surface area contributed by atoms with Crippen molar-refractivity contribution in [3.8, 4) is 17.2 Å². The molecular weight excluding hydrogens is 461 g/mol. The average Bonchev–Trinajstić information content (AvgIpc) is 2.72. The van der Waals surface area contributed by atoms with E-state index in [0.29, 0.717) is 46.2 Å². The molecule has 0 heterocycles.